The monoisotopic (exact) mass is 167 g/mol. The van der Waals surface area contributed by atoms with Crippen molar-refractivity contribution in [2.45, 2.75) is 26.2 Å². The van der Waals surface area contributed by atoms with Gasteiger partial charge in [-0.3, -0.25) is 0 Å². The minimum absolute atomic E-state index is 1.07. The molecular weight excluding hydrogens is 150 g/mol. The molecule has 2 N–H and O–H groups in total. The molecule has 1 aromatic rings. The van der Waals surface area contributed by atoms with E-state index in [1.165, 1.54) is 12.8 Å². The number of imidazole rings is 1. The van der Waals surface area contributed by atoms with Crippen molar-refractivity contribution in [3.05, 3.63) is 18.2 Å². The molecule has 0 aliphatic heterocycles. The van der Waals surface area contributed by atoms with Gasteiger partial charge < -0.3 is 10.3 Å². The van der Waals surface area contributed by atoms with E-state index >= 15 is 0 Å². The maximum atomic E-state index is 4.16. The molecule has 0 radical (unpaired) electrons. The Balaban J connectivity index is 1.96. The fraction of sp³-hybridized carbons (Fsp3) is 0.667. The van der Waals surface area contributed by atoms with Gasteiger partial charge in [-0.25, -0.2) is 4.98 Å². The molecule has 12 heavy (non-hydrogen) atoms. The van der Waals surface area contributed by atoms with E-state index in [9.17, 15) is 0 Å². The van der Waals surface area contributed by atoms with Crippen molar-refractivity contribution < 1.29 is 0 Å². The van der Waals surface area contributed by atoms with Gasteiger partial charge in [0, 0.05) is 18.8 Å². The molecule has 3 heteroatoms. The lowest BCUT2D eigenvalue weighted by molar-refractivity contribution is 0.633. The zero-order chi connectivity index (χ0) is 8.65. The van der Waals surface area contributed by atoms with Gasteiger partial charge in [-0.1, -0.05) is 6.92 Å². The molecule has 0 unspecified atom stereocenters. The Labute approximate surface area is 73.6 Å². The Morgan fingerprint density at radius 3 is 3.08 bits per heavy atom. The van der Waals surface area contributed by atoms with E-state index in [1.54, 1.807) is 6.20 Å². The van der Waals surface area contributed by atoms with Gasteiger partial charge in [0.25, 0.3) is 0 Å². The average Bonchev–Trinajstić information content (AvgIpc) is 2.57. The third kappa shape index (κ3) is 3.53. The molecule has 0 saturated heterocycles. The first-order valence-electron chi connectivity index (χ1n) is 4.62. The molecule has 0 fully saturated rings. The van der Waals surface area contributed by atoms with Gasteiger partial charge >= 0.3 is 0 Å². The number of unbranched alkanes of at least 4 members (excludes halogenated alkanes) is 1. The van der Waals surface area contributed by atoms with Gasteiger partial charge in [-0.05, 0) is 25.9 Å². The van der Waals surface area contributed by atoms with Crippen LogP contribution in [0.15, 0.2) is 12.4 Å². The second-order valence-corrected chi connectivity index (χ2v) is 2.85. The zero-order valence-corrected chi connectivity index (χ0v) is 7.64. The van der Waals surface area contributed by atoms with E-state index in [0.29, 0.717) is 0 Å². The largest absolute Gasteiger partial charge is 0.349 e. The fourth-order valence-corrected chi connectivity index (χ4v) is 1.15. The lowest BCUT2D eigenvalue weighted by atomic mass is 10.2. The van der Waals surface area contributed by atoms with Crippen LogP contribution >= 0.6 is 0 Å². The average molecular weight is 167 g/mol. The normalized spacial score (nSPS) is 10.4. The van der Waals surface area contributed by atoms with Gasteiger partial charge in [-0.2, -0.15) is 0 Å². The van der Waals surface area contributed by atoms with Crippen molar-refractivity contribution in [3.63, 3.8) is 0 Å². The van der Waals surface area contributed by atoms with Crippen molar-refractivity contribution in [2.75, 3.05) is 13.1 Å². The standard InChI is InChI=1S/C9H17N3/c1-2-10-6-4-3-5-9-11-7-8-12-9/h7-8,10H,2-6H2,1H3,(H,11,12). The fourth-order valence-electron chi connectivity index (χ4n) is 1.15. The first-order chi connectivity index (χ1) is 5.93. The Hall–Kier alpha value is -0.830. The second-order valence-electron chi connectivity index (χ2n) is 2.85. The Bertz CT molecular complexity index is 182. The van der Waals surface area contributed by atoms with Crippen molar-refractivity contribution in [1.29, 1.82) is 0 Å². The number of aromatic nitrogens is 2. The molecule has 0 bridgehead atoms. The summed E-state index contributed by atoms with van der Waals surface area (Å²) in [5.74, 6) is 1.10. The number of H-pyrrole nitrogens is 1. The van der Waals surface area contributed by atoms with E-state index in [-0.39, 0.29) is 0 Å². The summed E-state index contributed by atoms with van der Waals surface area (Å²) in [6.45, 7) is 4.32. The molecule has 0 atom stereocenters. The third-order valence-electron chi connectivity index (χ3n) is 1.82. The highest BCUT2D eigenvalue weighted by Crippen LogP contribution is 1.97. The van der Waals surface area contributed by atoms with Crippen LogP contribution in [0.1, 0.15) is 25.6 Å². The highest BCUT2D eigenvalue weighted by molar-refractivity contribution is 4.86. The maximum absolute atomic E-state index is 4.16. The van der Waals surface area contributed by atoms with Crippen molar-refractivity contribution in [2.24, 2.45) is 0 Å². The molecule has 1 heterocycles. The highest BCUT2D eigenvalue weighted by Gasteiger charge is 1.93. The predicted octanol–water partition coefficient (Wildman–Crippen LogP) is 1.34. The van der Waals surface area contributed by atoms with Crippen LogP contribution in [0.25, 0.3) is 0 Å². The lowest BCUT2D eigenvalue weighted by Crippen LogP contribution is -2.13. The Kier molecular flexibility index (Phi) is 4.46. The van der Waals surface area contributed by atoms with Crippen LogP contribution < -0.4 is 5.32 Å². The Morgan fingerprint density at radius 1 is 1.50 bits per heavy atom. The first kappa shape index (κ1) is 9.26. The first-order valence-corrected chi connectivity index (χ1v) is 4.62. The van der Waals surface area contributed by atoms with E-state index in [2.05, 4.69) is 22.2 Å². The molecule has 3 nitrogen and oxygen atoms in total. The second kappa shape index (κ2) is 5.77. The predicted molar refractivity (Wildman–Crippen MR) is 50.1 cm³/mol. The summed E-state index contributed by atoms with van der Waals surface area (Å²) in [6.07, 6.45) is 7.19. The van der Waals surface area contributed by atoms with Crippen LogP contribution in [0.3, 0.4) is 0 Å². The summed E-state index contributed by atoms with van der Waals surface area (Å²) in [7, 11) is 0. The number of rotatable bonds is 6. The topological polar surface area (TPSA) is 40.7 Å². The zero-order valence-electron chi connectivity index (χ0n) is 7.64. The molecule has 1 rings (SSSR count). The quantitative estimate of drug-likeness (QED) is 0.628. The summed E-state index contributed by atoms with van der Waals surface area (Å²) in [6, 6.07) is 0. The number of aryl methyl sites for hydroxylation is 1. The van der Waals surface area contributed by atoms with Crippen molar-refractivity contribution in [3.8, 4) is 0 Å². The molecular formula is C9H17N3. The van der Waals surface area contributed by atoms with E-state index in [1.807, 2.05) is 6.20 Å². The Morgan fingerprint density at radius 2 is 2.42 bits per heavy atom. The molecule has 1 aromatic heterocycles. The minimum atomic E-state index is 1.07. The highest BCUT2D eigenvalue weighted by atomic mass is 14.9. The number of nitrogens with zero attached hydrogens (tertiary/aromatic N) is 1. The van der Waals surface area contributed by atoms with Gasteiger partial charge in [0.05, 0.1) is 0 Å². The molecule has 0 aromatic carbocycles. The van der Waals surface area contributed by atoms with Crippen LogP contribution in [0.4, 0.5) is 0 Å². The molecule has 0 saturated carbocycles. The summed E-state index contributed by atoms with van der Waals surface area (Å²) < 4.78 is 0. The van der Waals surface area contributed by atoms with E-state index < -0.39 is 0 Å². The van der Waals surface area contributed by atoms with Crippen LogP contribution in [0, 0.1) is 0 Å². The van der Waals surface area contributed by atoms with Crippen LogP contribution in [-0.2, 0) is 6.42 Å². The summed E-state index contributed by atoms with van der Waals surface area (Å²) in [5.41, 5.74) is 0. The number of aromatic amines is 1. The van der Waals surface area contributed by atoms with Gasteiger partial charge in [-0.15, -0.1) is 0 Å². The summed E-state index contributed by atoms with van der Waals surface area (Å²) in [5, 5.41) is 3.30. The van der Waals surface area contributed by atoms with Crippen molar-refractivity contribution >= 4 is 0 Å². The minimum Gasteiger partial charge on any atom is -0.349 e. The smallest absolute Gasteiger partial charge is 0.105 e. The van der Waals surface area contributed by atoms with E-state index in [4.69, 9.17) is 0 Å². The third-order valence-corrected chi connectivity index (χ3v) is 1.82. The van der Waals surface area contributed by atoms with Crippen LogP contribution in [0.2, 0.25) is 0 Å². The van der Waals surface area contributed by atoms with Crippen molar-refractivity contribution in [1.82, 2.24) is 15.3 Å². The molecule has 68 valence electrons. The molecule has 0 amide bonds. The van der Waals surface area contributed by atoms with Gasteiger partial charge in [0.1, 0.15) is 5.82 Å². The molecule has 0 aliphatic carbocycles. The summed E-state index contributed by atoms with van der Waals surface area (Å²) >= 11 is 0. The lowest BCUT2D eigenvalue weighted by Gasteiger charge is -1.99. The van der Waals surface area contributed by atoms with E-state index in [0.717, 1.165) is 25.3 Å². The number of hydrogen-bond acceptors (Lipinski definition) is 2. The summed E-state index contributed by atoms with van der Waals surface area (Å²) in [4.78, 5) is 7.25. The molecule has 0 aliphatic rings. The van der Waals surface area contributed by atoms with Crippen LogP contribution in [0.5, 0.6) is 0 Å². The maximum Gasteiger partial charge on any atom is 0.105 e. The number of hydrogen-bond donors (Lipinski definition) is 2. The molecule has 0 spiro atoms. The van der Waals surface area contributed by atoms with Crippen LogP contribution in [-0.4, -0.2) is 23.1 Å². The number of nitrogens with one attached hydrogen (secondary N) is 2. The van der Waals surface area contributed by atoms with Gasteiger partial charge in [0.15, 0.2) is 0 Å². The SMILES string of the molecule is CCNCCCCc1ncc[nH]1. The van der Waals surface area contributed by atoms with Gasteiger partial charge in [0.2, 0.25) is 0 Å².